The summed E-state index contributed by atoms with van der Waals surface area (Å²) in [6, 6.07) is 23.7. The number of amides is 2. The molecule has 0 unspecified atom stereocenters. The van der Waals surface area contributed by atoms with E-state index in [2.05, 4.69) is 44.0 Å². The summed E-state index contributed by atoms with van der Waals surface area (Å²) in [6.07, 6.45) is 4.14. The molecule has 7 heteroatoms. The van der Waals surface area contributed by atoms with E-state index in [9.17, 15) is 4.79 Å². The third kappa shape index (κ3) is 4.74. The van der Waals surface area contributed by atoms with E-state index < -0.39 is 0 Å². The minimum absolute atomic E-state index is 0.140. The van der Waals surface area contributed by atoms with Crippen LogP contribution in [0.3, 0.4) is 0 Å². The molecule has 3 aromatic carbocycles. The van der Waals surface area contributed by atoms with E-state index >= 15 is 0 Å². The molecular weight excluding hydrogens is 504 g/mol. The molecular formula is C28H27BrN4O2. The van der Waals surface area contributed by atoms with E-state index in [1.165, 1.54) is 0 Å². The Morgan fingerprint density at radius 1 is 1.06 bits per heavy atom. The molecule has 1 aliphatic rings. The van der Waals surface area contributed by atoms with Crippen LogP contribution in [0, 0.1) is 0 Å². The van der Waals surface area contributed by atoms with Crippen molar-refractivity contribution in [1.82, 2.24) is 9.88 Å². The number of benzene rings is 3. The third-order valence-electron chi connectivity index (χ3n) is 6.12. The quantitative estimate of drug-likeness (QED) is 0.219. The summed E-state index contributed by atoms with van der Waals surface area (Å²) in [6.45, 7) is 1.40. The highest BCUT2D eigenvalue weighted by molar-refractivity contribution is 9.09. The molecule has 0 fully saturated rings. The van der Waals surface area contributed by atoms with E-state index in [4.69, 9.17) is 4.74 Å². The molecule has 178 valence electrons. The molecule has 35 heavy (non-hydrogen) atoms. The van der Waals surface area contributed by atoms with Crippen molar-refractivity contribution in [2.45, 2.75) is 11.4 Å². The Labute approximate surface area is 213 Å². The topological polar surface area (TPSA) is 48.9 Å². The van der Waals surface area contributed by atoms with Crippen molar-refractivity contribution in [2.24, 2.45) is 0 Å². The Hall–Kier alpha value is -3.42. The van der Waals surface area contributed by atoms with E-state index in [1.807, 2.05) is 73.6 Å². The summed E-state index contributed by atoms with van der Waals surface area (Å²) in [5, 5.41) is 2.08. The first-order valence-electron chi connectivity index (χ1n) is 11.6. The van der Waals surface area contributed by atoms with Crippen LogP contribution in [-0.2, 0) is 6.42 Å². The number of carbonyl (C=O) groups excluding carboxylic acids is 1. The predicted molar refractivity (Wildman–Crippen MR) is 145 cm³/mol. The molecule has 1 aliphatic heterocycles. The highest BCUT2D eigenvalue weighted by atomic mass is 79.9. The van der Waals surface area contributed by atoms with Crippen molar-refractivity contribution in [3.63, 3.8) is 0 Å². The number of likely N-dealkylation sites (N-methyl/N-ethyl adjacent to an activating group) is 1. The molecule has 6 nitrogen and oxygen atoms in total. The predicted octanol–water partition coefficient (Wildman–Crippen LogP) is 6.22. The van der Waals surface area contributed by atoms with Gasteiger partial charge in [-0.15, -0.1) is 0 Å². The fourth-order valence-corrected chi connectivity index (χ4v) is 5.12. The van der Waals surface area contributed by atoms with Gasteiger partial charge in [0.2, 0.25) is 0 Å². The second-order valence-electron chi connectivity index (χ2n) is 8.77. The zero-order valence-electron chi connectivity index (χ0n) is 19.8. The van der Waals surface area contributed by atoms with Crippen molar-refractivity contribution < 1.29 is 9.53 Å². The van der Waals surface area contributed by atoms with Crippen LogP contribution in [0.25, 0.3) is 10.8 Å². The Kier molecular flexibility index (Phi) is 6.70. The van der Waals surface area contributed by atoms with Crippen molar-refractivity contribution >= 4 is 49.8 Å². The van der Waals surface area contributed by atoms with Gasteiger partial charge in [0.25, 0.3) is 0 Å². The van der Waals surface area contributed by atoms with Crippen LogP contribution in [0.2, 0.25) is 0 Å². The summed E-state index contributed by atoms with van der Waals surface area (Å²) in [5.41, 5.74) is 3.55. The highest BCUT2D eigenvalue weighted by Crippen LogP contribution is 2.41. The minimum atomic E-state index is -0.165. The van der Waals surface area contributed by atoms with E-state index in [-0.39, 0.29) is 11.0 Å². The maximum absolute atomic E-state index is 14.3. The molecule has 0 aliphatic carbocycles. The lowest BCUT2D eigenvalue weighted by atomic mass is 10.1. The number of urea groups is 1. The summed E-state index contributed by atoms with van der Waals surface area (Å²) in [5.74, 6) is 0.755. The molecule has 1 aromatic heterocycles. The van der Waals surface area contributed by atoms with Gasteiger partial charge in [0, 0.05) is 36.8 Å². The van der Waals surface area contributed by atoms with Gasteiger partial charge in [-0.1, -0.05) is 58.4 Å². The molecule has 0 saturated heterocycles. The van der Waals surface area contributed by atoms with Crippen LogP contribution in [0.1, 0.15) is 5.56 Å². The molecule has 0 bridgehead atoms. The summed E-state index contributed by atoms with van der Waals surface area (Å²) in [7, 11) is 4.03. The lowest BCUT2D eigenvalue weighted by Crippen LogP contribution is -2.43. The van der Waals surface area contributed by atoms with Crippen LogP contribution >= 0.6 is 15.9 Å². The number of hydrogen-bond acceptors (Lipinski definition) is 4. The summed E-state index contributed by atoms with van der Waals surface area (Å²) >= 11 is 3.76. The molecule has 1 atom stereocenters. The number of fused-ring (bicyclic) bond motifs is 2. The second kappa shape index (κ2) is 10.1. The monoisotopic (exact) mass is 530 g/mol. The van der Waals surface area contributed by atoms with Crippen LogP contribution in [0.15, 0.2) is 85.2 Å². The first-order valence-corrected chi connectivity index (χ1v) is 12.5. The molecule has 0 saturated carbocycles. The largest absolute Gasteiger partial charge is 0.492 e. The lowest BCUT2D eigenvalue weighted by molar-refractivity contribution is 0.253. The van der Waals surface area contributed by atoms with Crippen molar-refractivity contribution in [3.8, 4) is 5.75 Å². The lowest BCUT2D eigenvalue weighted by Gasteiger charge is -2.31. The van der Waals surface area contributed by atoms with Crippen LogP contribution < -0.4 is 14.5 Å². The third-order valence-corrected chi connectivity index (χ3v) is 6.85. The Bertz CT molecular complexity index is 1340. The Balaban J connectivity index is 1.56. The standard InChI is InChI=1S/C28H27BrN4O2/c1-31(2)16-17-35-23-11-10-21-18-27(29)33(26(21)19-23)28(34)32(22-12-14-30-15-13-22)25-9-5-7-20-6-3-4-8-24(20)25/h3-15,19,27H,16-18H2,1-2H3/t27-/m1/s1. The van der Waals surface area contributed by atoms with Gasteiger partial charge in [0.1, 0.15) is 12.4 Å². The molecule has 4 aromatic rings. The summed E-state index contributed by atoms with van der Waals surface area (Å²) in [4.78, 5) is 24.0. The average Bonchev–Trinajstić information content (AvgIpc) is 3.19. The minimum Gasteiger partial charge on any atom is -0.492 e. The summed E-state index contributed by atoms with van der Waals surface area (Å²) < 4.78 is 5.98. The number of alkyl halides is 1. The van der Waals surface area contributed by atoms with Gasteiger partial charge >= 0.3 is 6.03 Å². The van der Waals surface area contributed by atoms with Crippen molar-refractivity contribution in [2.75, 3.05) is 37.0 Å². The number of carbonyl (C=O) groups is 1. The van der Waals surface area contributed by atoms with Crippen molar-refractivity contribution in [3.05, 3.63) is 90.8 Å². The molecule has 0 spiro atoms. The van der Waals surface area contributed by atoms with Crippen LogP contribution in [0.4, 0.5) is 21.9 Å². The highest BCUT2D eigenvalue weighted by Gasteiger charge is 2.36. The molecule has 0 N–H and O–H groups in total. The van der Waals surface area contributed by atoms with E-state index in [0.29, 0.717) is 6.61 Å². The van der Waals surface area contributed by atoms with Gasteiger partial charge in [0.05, 0.1) is 22.0 Å². The second-order valence-corrected chi connectivity index (χ2v) is 9.83. The Morgan fingerprint density at radius 3 is 2.63 bits per heavy atom. The molecule has 0 radical (unpaired) electrons. The van der Waals surface area contributed by atoms with Crippen molar-refractivity contribution in [1.29, 1.82) is 0 Å². The van der Waals surface area contributed by atoms with Gasteiger partial charge in [-0.3, -0.25) is 14.8 Å². The van der Waals surface area contributed by atoms with Gasteiger partial charge in [0.15, 0.2) is 0 Å². The van der Waals surface area contributed by atoms with Crippen LogP contribution in [-0.4, -0.2) is 48.1 Å². The van der Waals surface area contributed by atoms with Gasteiger partial charge in [-0.25, -0.2) is 4.79 Å². The molecule has 5 rings (SSSR count). The fourth-order valence-electron chi connectivity index (χ4n) is 4.38. The van der Waals surface area contributed by atoms with Gasteiger partial charge in [-0.2, -0.15) is 0 Å². The number of halogens is 1. The van der Waals surface area contributed by atoms with Gasteiger partial charge in [-0.05, 0) is 49.3 Å². The first kappa shape index (κ1) is 23.3. The number of ether oxygens (including phenoxy) is 1. The smallest absolute Gasteiger partial charge is 0.334 e. The zero-order valence-corrected chi connectivity index (χ0v) is 21.4. The number of pyridine rings is 1. The zero-order chi connectivity index (χ0) is 24.4. The average molecular weight is 531 g/mol. The van der Waals surface area contributed by atoms with E-state index in [1.54, 1.807) is 17.3 Å². The molecule has 2 heterocycles. The maximum atomic E-state index is 14.3. The maximum Gasteiger partial charge on any atom is 0.334 e. The Morgan fingerprint density at radius 2 is 1.83 bits per heavy atom. The number of rotatable bonds is 6. The number of hydrogen-bond donors (Lipinski definition) is 0. The normalized spacial score (nSPS) is 14.9. The first-order chi connectivity index (χ1) is 17.0. The van der Waals surface area contributed by atoms with Gasteiger partial charge < -0.3 is 9.64 Å². The SMILES string of the molecule is CN(C)CCOc1ccc2c(c1)N(C(=O)N(c1ccncc1)c1cccc3ccccc13)[C@@H](Br)C2. The fraction of sp³-hybridized carbons (Fsp3) is 0.214. The number of aromatic nitrogens is 1. The van der Waals surface area contributed by atoms with Crippen LogP contribution in [0.5, 0.6) is 5.75 Å². The molecule has 2 amide bonds. The number of anilines is 3. The number of nitrogens with zero attached hydrogens (tertiary/aromatic N) is 4. The van der Waals surface area contributed by atoms with E-state index in [0.717, 1.165) is 52.1 Å².